The molecule has 2 N–H and O–H groups in total. The van der Waals surface area contributed by atoms with E-state index < -0.39 is 12.0 Å². The molecule has 0 heterocycles. The van der Waals surface area contributed by atoms with Gasteiger partial charge in [0.25, 0.3) is 0 Å². The maximum absolute atomic E-state index is 12.1. The summed E-state index contributed by atoms with van der Waals surface area (Å²) in [7, 11) is 3.64. The minimum absolute atomic E-state index is 0.133. The number of hydrogen-bond acceptors (Lipinski definition) is 3. The van der Waals surface area contributed by atoms with Crippen molar-refractivity contribution in [1.82, 2.24) is 10.2 Å². The first-order valence-electron chi connectivity index (χ1n) is 6.36. The Morgan fingerprint density at radius 3 is 1.94 bits per heavy atom. The number of carboxylic acid groups (broad SMARTS) is 1. The molecule has 2 atom stereocenters. The van der Waals surface area contributed by atoms with Crippen LogP contribution in [-0.4, -0.2) is 48.1 Å². The summed E-state index contributed by atoms with van der Waals surface area (Å²) in [5, 5.41) is 11.7. The average Bonchev–Trinajstić information content (AvgIpc) is 2.13. The highest BCUT2D eigenvalue weighted by Gasteiger charge is 2.28. The molecule has 106 valence electrons. The van der Waals surface area contributed by atoms with Crippen molar-refractivity contribution < 1.29 is 14.7 Å². The third-order valence-corrected chi connectivity index (χ3v) is 2.78. The molecule has 0 aliphatic carbocycles. The molecule has 0 saturated heterocycles. The highest BCUT2D eigenvalue weighted by atomic mass is 16.4. The van der Waals surface area contributed by atoms with Crippen LogP contribution in [0.3, 0.4) is 0 Å². The molecular formula is C13H26N2O3. The number of carbonyl (C=O) groups excluding carboxylic acids is 1. The lowest BCUT2D eigenvalue weighted by atomic mass is 10.00. The number of likely N-dealkylation sites (N-methyl/N-ethyl adjacent to an activating group) is 1. The third kappa shape index (κ3) is 5.49. The molecule has 0 spiro atoms. The highest BCUT2D eigenvalue weighted by molar-refractivity contribution is 5.87. The first kappa shape index (κ1) is 16.9. The van der Waals surface area contributed by atoms with Crippen LogP contribution in [0.1, 0.15) is 34.1 Å². The number of nitrogens with zero attached hydrogens (tertiary/aromatic N) is 1. The van der Waals surface area contributed by atoms with Crippen LogP contribution in [0, 0.1) is 11.8 Å². The van der Waals surface area contributed by atoms with Crippen LogP contribution in [0.25, 0.3) is 0 Å². The van der Waals surface area contributed by atoms with Crippen LogP contribution in [0.4, 0.5) is 0 Å². The molecule has 1 unspecified atom stereocenters. The summed E-state index contributed by atoms with van der Waals surface area (Å²) in [4.78, 5) is 25.0. The molecule has 18 heavy (non-hydrogen) atoms. The van der Waals surface area contributed by atoms with Crippen molar-refractivity contribution in [3.05, 3.63) is 0 Å². The van der Waals surface area contributed by atoms with Crippen LogP contribution >= 0.6 is 0 Å². The number of hydrogen-bond donors (Lipinski definition) is 2. The summed E-state index contributed by atoms with van der Waals surface area (Å²) in [5.74, 6) is -0.835. The monoisotopic (exact) mass is 258 g/mol. The van der Waals surface area contributed by atoms with Gasteiger partial charge in [-0.25, -0.2) is 4.79 Å². The van der Waals surface area contributed by atoms with Crippen molar-refractivity contribution in [2.75, 3.05) is 14.1 Å². The summed E-state index contributed by atoms with van der Waals surface area (Å²) in [6, 6.07) is -1.11. The molecular weight excluding hydrogens is 232 g/mol. The summed E-state index contributed by atoms with van der Waals surface area (Å²) in [6.07, 6.45) is 0.444. The second-order valence-electron chi connectivity index (χ2n) is 5.68. The summed E-state index contributed by atoms with van der Waals surface area (Å²) in [5.41, 5.74) is 0. The normalized spacial score (nSPS) is 14.9. The predicted molar refractivity (Wildman–Crippen MR) is 71.3 cm³/mol. The third-order valence-electron chi connectivity index (χ3n) is 2.78. The molecule has 0 saturated carbocycles. The average molecular weight is 258 g/mol. The first-order valence-corrected chi connectivity index (χ1v) is 6.36. The molecule has 0 aromatic heterocycles. The van der Waals surface area contributed by atoms with Gasteiger partial charge < -0.3 is 10.4 Å². The Morgan fingerprint density at radius 2 is 1.67 bits per heavy atom. The topological polar surface area (TPSA) is 69.6 Å². The molecule has 0 aliphatic rings. The largest absolute Gasteiger partial charge is 0.480 e. The van der Waals surface area contributed by atoms with Crippen molar-refractivity contribution in [2.45, 2.75) is 46.2 Å². The Labute approximate surface area is 110 Å². The number of nitrogens with one attached hydrogen (secondary N) is 1. The molecule has 0 rings (SSSR count). The number of carboxylic acids is 1. The van der Waals surface area contributed by atoms with Crippen LogP contribution in [0.15, 0.2) is 0 Å². The minimum Gasteiger partial charge on any atom is -0.480 e. The first-order chi connectivity index (χ1) is 8.16. The van der Waals surface area contributed by atoms with Gasteiger partial charge in [0.05, 0.1) is 6.04 Å². The van der Waals surface area contributed by atoms with Gasteiger partial charge in [-0.15, -0.1) is 0 Å². The zero-order chi connectivity index (χ0) is 14.5. The van der Waals surface area contributed by atoms with Gasteiger partial charge >= 0.3 is 5.97 Å². The standard InChI is InChI=1S/C13H26N2O3/c1-8(2)7-10(13(17)18)14-12(16)11(9(3)4)15(5)6/h8-11H,7H2,1-6H3,(H,14,16)(H,17,18)/t10-,11?/m1/s1. The van der Waals surface area contributed by atoms with Crippen LogP contribution in [-0.2, 0) is 9.59 Å². The lowest BCUT2D eigenvalue weighted by Gasteiger charge is -2.28. The fraction of sp³-hybridized carbons (Fsp3) is 0.846. The Bertz CT molecular complexity index is 280. The fourth-order valence-corrected chi connectivity index (χ4v) is 2.08. The second-order valence-corrected chi connectivity index (χ2v) is 5.68. The number of carbonyl (C=O) groups is 2. The molecule has 0 bridgehead atoms. The van der Waals surface area contributed by atoms with Gasteiger partial charge in [-0.1, -0.05) is 27.7 Å². The molecule has 1 amide bonds. The van der Waals surface area contributed by atoms with Gasteiger partial charge in [0.2, 0.25) is 5.91 Å². The number of rotatable bonds is 7. The van der Waals surface area contributed by atoms with Crippen LogP contribution < -0.4 is 5.32 Å². The van der Waals surface area contributed by atoms with E-state index in [0.717, 1.165) is 0 Å². The summed E-state index contributed by atoms with van der Waals surface area (Å²) >= 11 is 0. The molecule has 0 aliphatic heterocycles. The second kappa shape index (κ2) is 7.36. The van der Waals surface area contributed by atoms with Crippen molar-refractivity contribution in [3.8, 4) is 0 Å². The lowest BCUT2D eigenvalue weighted by Crippen LogP contribution is -2.52. The van der Waals surface area contributed by atoms with Gasteiger partial charge in [-0.05, 0) is 32.4 Å². The van der Waals surface area contributed by atoms with Crippen LogP contribution in [0.5, 0.6) is 0 Å². The van der Waals surface area contributed by atoms with E-state index in [1.807, 2.05) is 46.7 Å². The molecule has 0 aromatic carbocycles. The van der Waals surface area contributed by atoms with Crippen molar-refractivity contribution in [3.63, 3.8) is 0 Å². The van der Waals surface area contributed by atoms with E-state index in [9.17, 15) is 9.59 Å². The SMILES string of the molecule is CC(C)C[C@@H](NC(=O)C(C(C)C)N(C)C)C(=O)O. The molecule has 0 aromatic rings. The molecule has 5 heteroatoms. The summed E-state index contributed by atoms with van der Waals surface area (Å²) < 4.78 is 0. The van der Waals surface area contributed by atoms with E-state index >= 15 is 0 Å². The van der Waals surface area contributed by atoms with Crippen molar-refractivity contribution in [2.24, 2.45) is 11.8 Å². The van der Waals surface area contributed by atoms with Gasteiger partial charge in [-0.2, -0.15) is 0 Å². The predicted octanol–water partition coefficient (Wildman–Crippen LogP) is 1.19. The lowest BCUT2D eigenvalue weighted by molar-refractivity contribution is -0.143. The zero-order valence-electron chi connectivity index (χ0n) is 12.2. The minimum atomic E-state index is -0.974. The molecule has 0 fully saturated rings. The summed E-state index contributed by atoms with van der Waals surface area (Å²) in [6.45, 7) is 7.77. The van der Waals surface area contributed by atoms with Gasteiger partial charge in [0, 0.05) is 0 Å². The van der Waals surface area contributed by atoms with E-state index in [2.05, 4.69) is 5.32 Å². The van der Waals surface area contributed by atoms with Crippen LogP contribution in [0.2, 0.25) is 0 Å². The number of aliphatic carboxylic acids is 1. The quantitative estimate of drug-likeness (QED) is 0.719. The Morgan fingerprint density at radius 1 is 1.17 bits per heavy atom. The van der Waals surface area contributed by atoms with Crippen molar-refractivity contribution in [1.29, 1.82) is 0 Å². The Kier molecular flexibility index (Phi) is 6.91. The van der Waals surface area contributed by atoms with Gasteiger partial charge in [0.1, 0.15) is 6.04 Å². The zero-order valence-corrected chi connectivity index (χ0v) is 12.2. The van der Waals surface area contributed by atoms with E-state index in [-0.39, 0.29) is 23.8 Å². The van der Waals surface area contributed by atoms with E-state index in [4.69, 9.17) is 5.11 Å². The Hall–Kier alpha value is -1.10. The highest BCUT2D eigenvalue weighted by Crippen LogP contribution is 2.10. The molecule has 0 radical (unpaired) electrons. The Balaban J connectivity index is 4.71. The smallest absolute Gasteiger partial charge is 0.326 e. The number of amides is 1. The van der Waals surface area contributed by atoms with E-state index in [0.29, 0.717) is 6.42 Å². The van der Waals surface area contributed by atoms with Crippen molar-refractivity contribution >= 4 is 11.9 Å². The van der Waals surface area contributed by atoms with E-state index in [1.54, 1.807) is 0 Å². The molecule has 5 nitrogen and oxygen atoms in total. The fourth-order valence-electron chi connectivity index (χ4n) is 2.08. The maximum Gasteiger partial charge on any atom is 0.326 e. The maximum atomic E-state index is 12.1. The van der Waals surface area contributed by atoms with E-state index in [1.165, 1.54) is 0 Å². The van der Waals surface area contributed by atoms with Gasteiger partial charge in [-0.3, -0.25) is 9.69 Å². The van der Waals surface area contributed by atoms with Gasteiger partial charge in [0.15, 0.2) is 0 Å².